The Labute approximate surface area is 181 Å². The summed E-state index contributed by atoms with van der Waals surface area (Å²) in [5, 5.41) is 42.6. The molecule has 12 nitrogen and oxygen atoms in total. The number of aryl methyl sites for hydroxylation is 1. The number of aromatic nitrogens is 7. The van der Waals surface area contributed by atoms with Crippen molar-refractivity contribution < 1.29 is 4.92 Å². The second-order valence-corrected chi connectivity index (χ2v) is 7.90. The Morgan fingerprint density at radius 3 is 2.81 bits per heavy atom. The van der Waals surface area contributed by atoms with Crippen molar-refractivity contribution in [2.75, 3.05) is 0 Å². The van der Waals surface area contributed by atoms with Crippen LogP contribution in [0.15, 0.2) is 37.1 Å². The Morgan fingerprint density at radius 2 is 2.09 bits per heavy atom. The molecule has 1 saturated carbocycles. The number of hydrogen-bond acceptors (Lipinski definition) is 8. The normalized spacial score (nSPS) is 19.9. The Hall–Kier alpha value is -4.58. The van der Waals surface area contributed by atoms with E-state index in [1.807, 2.05) is 6.20 Å². The van der Waals surface area contributed by atoms with Gasteiger partial charge in [-0.25, -0.2) is 9.50 Å². The molecule has 0 spiro atoms. The molecule has 0 bridgehead atoms. The first-order chi connectivity index (χ1) is 15.4. The SMILES string of the molecule is Cn1cc(-c2cn3nccc3c(-c3cnn([C@]4(CC#N)C[C@@H](C#N)C4)c3)n2)c([N+](=O)[O-])n1. The minimum absolute atomic E-state index is 0.0925. The molecule has 4 aromatic heterocycles. The van der Waals surface area contributed by atoms with E-state index in [2.05, 4.69) is 27.4 Å². The average Bonchev–Trinajstić information content (AvgIpc) is 3.48. The smallest absolute Gasteiger partial charge is 0.358 e. The van der Waals surface area contributed by atoms with Crippen LogP contribution in [-0.2, 0) is 12.6 Å². The van der Waals surface area contributed by atoms with Crippen LogP contribution in [0.3, 0.4) is 0 Å². The summed E-state index contributed by atoms with van der Waals surface area (Å²) in [5.41, 5.74) is 2.06. The number of nitriles is 2. The van der Waals surface area contributed by atoms with E-state index in [0.717, 1.165) is 0 Å². The summed E-state index contributed by atoms with van der Waals surface area (Å²) in [5.74, 6) is -0.386. The zero-order valence-electron chi connectivity index (χ0n) is 17.0. The molecule has 1 aliphatic rings. The van der Waals surface area contributed by atoms with E-state index >= 15 is 0 Å². The molecular formula is C20H16N10O2. The lowest BCUT2D eigenvalue weighted by atomic mass is 9.67. The number of nitrogens with zero attached hydrogens (tertiary/aromatic N) is 10. The van der Waals surface area contributed by atoms with Gasteiger partial charge in [-0.15, -0.1) is 0 Å². The molecule has 0 amide bonds. The highest BCUT2D eigenvalue weighted by atomic mass is 16.6. The molecule has 4 aromatic rings. The van der Waals surface area contributed by atoms with E-state index in [1.54, 1.807) is 47.1 Å². The first-order valence-corrected chi connectivity index (χ1v) is 9.79. The molecule has 5 rings (SSSR count). The van der Waals surface area contributed by atoms with Crippen LogP contribution in [-0.4, -0.2) is 39.1 Å². The fourth-order valence-corrected chi connectivity index (χ4v) is 4.27. The first kappa shape index (κ1) is 19.4. The molecule has 4 heterocycles. The third-order valence-corrected chi connectivity index (χ3v) is 5.83. The van der Waals surface area contributed by atoms with Gasteiger partial charge in [0.15, 0.2) is 0 Å². The van der Waals surface area contributed by atoms with Crippen molar-refractivity contribution in [2.45, 2.75) is 24.8 Å². The van der Waals surface area contributed by atoms with Crippen molar-refractivity contribution in [3.05, 3.63) is 47.2 Å². The van der Waals surface area contributed by atoms with Crippen LogP contribution in [0, 0.1) is 38.7 Å². The van der Waals surface area contributed by atoms with E-state index in [9.17, 15) is 20.6 Å². The molecule has 0 N–H and O–H groups in total. The van der Waals surface area contributed by atoms with Crippen LogP contribution < -0.4 is 0 Å². The van der Waals surface area contributed by atoms with E-state index in [4.69, 9.17) is 4.98 Å². The van der Waals surface area contributed by atoms with Gasteiger partial charge in [-0.1, -0.05) is 0 Å². The van der Waals surface area contributed by atoms with Crippen molar-refractivity contribution in [1.29, 1.82) is 10.5 Å². The summed E-state index contributed by atoms with van der Waals surface area (Å²) in [4.78, 5) is 15.6. The maximum atomic E-state index is 11.5. The molecule has 0 radical (unpaired) electrons. The Kier molecular flexibility index (Phi) is 4.23. The molecule has 32 heavy (non-hydrogen) atoms. The van der Waals surface area contributed by atoms with Crippen LogP contribution in [0.25, 0.3) is 28.0 Å². The highest BCUT2D eigenvalue weighted by molar-refractivity contribution is 5.79. The van der Waals surface area contributed by atoms with E-state index in [-0.39, 0.29) is 23.7 Å². The lowest BCUT2D eigenvalue weighted by Gasteiger charge is -2.43. The quantitative estimate of drug-likeness (QED) is 0.346. The molecule has 0 unspecified atom stereocenters. The van der Waals surface area contributed by atoms with Gasteiger partial charge in [-0.3, -0.25) is 4.68 Å². The minimum atomic E-state index is -0.546. The van der Waals surface area contributed by atoms with Gasteiger partial charge in [-0.2, -0.15) is 25.4 Å². The van der Waals surface area contributed by atoms with Crippen LogP contribution in [0.4, 0.5) is 5.82 Å². The predicted molar refractivity (Wildman–Crippen MR) is 110 cm³/mol. The highest BCUT2D eigenvalue weighted by Crippen LogP contribution is 2.46. The second-order valence-electron chi connectivity index (χ2n) is 7.90. The topological polar surface area (TPSA) is 157 Å². The molecule has 0 aliphatic heterocycles. The molecule has 0 atom stereocenters. The molecule has 158 valence electrons. The number of fused-ring (bicyclic) bond motifs is 1. The fraction of sp³-hybridized carbons (Fsp3) is 0.300. The van der Waals surface area contributed by atoms with Crippen molar-refractivity contribution in [3.63, 3.8) is 0 Å². The Morgan fingerprint density at radius 1 is 1.28 bits per heavy atom. The van der Waals surface area contributed by atoms with Gasteiger partial charge < -0.3 is 10.1 Å². The summed E-state index contributed by atoms with van der Waals surface area (Å²) in [6.45, 7) is 0. The maximum Gasteiger partial charge on any atom is 0.399 e. The largest absolute Gasteiger partial charge is 0.399 e. The van der Waals surface area contributed by atoms with E-state index < -0.39 is 10.5 Å². The van der Waals surface area contributed by atoms with Gasteiger partial charge in [0, 0.05) is 11.8 Å². The molecule has 12 heteroatoms. The van der Waals surface area contributed by atoms with Gasteiger partial charge >= 0.3 is 5.82 Å². The second kappa shape index (κ2) is 6.99. The molecular weight excluding hydrogens is 412 g/mol. The maximum absolute atomic E-state index is 11.5. The van der Waals surface area contributed by atoms with Crippen LogP contribution in [0.2, 0.25) is 0 Å². The summed E-state index contributed by atoms with van der Waals surface area (Å²) in [6.07, 6.45) is 9.62. The van der Waals surface area contributed by atoms with Crippen molar-refractivity contribution in [3.8, 4) is 34.7 Å². The monoisotopic (exact) mass is 428 g/mol. The fourth-order valence-electron chi connectivity index (χ4n) is 4.27. The van der Waals surface area contributed by atoms with Crippen molar-refractivity contribution in [1.82, 2.24) is 34.2 Å². The third-order valence-electron chi connectivity index (χ3n) is 5.83. The summed E-state index contributed by atoms with van der Waals surface area (Å²) >= 11 is 0. The van der Waals surface area contributed by atoms with Crippen LogP contribution in [0.5, 0.6) is 0 Å². The lowest BCUT2D eigenvalue weighted by molar-refractivity contribution is -0.389. The lowest BCUT2D eigenvalue weighted by Crippen LogP contribution is -2.46. The van der Waals surface area contributed by atoms with E-state index in [1.165, 1.54) is 4.68 Å². The summed E-state index contributed by atoms with van der Waals surface area (Å²) < 4.78 is 4.72. The highest BCUT2D eigenvalue weighted by Gasteiger charge is 2.46. The first-order valence-electron chi connectivity index (χ1n) is 9.79. The van der Waals surface area contributed by atoms with Crippen molar-refractivity contribution >= 4 is 11.3 Å². The van der Waals surface area contributed by atoms with Crippen LogP contribution in [0.1, 0.15) is 19.3 Å². The van der Waals surface area contributed by atoms with Crippen molar-refractivity contribution in [2.24, 2.45) is 13.0 Å². The number of hydrogen-bond donors (Lipinski definition) is 0. The van der Waals surface area contributed by atoms with Gasteiger partial charge in [0.25, 0.3) is 0 Å². The van der Waals surface area contributed by atoms with E-state index in [0.29, 0.717) is 35.3 Å². The van der Waals surface area contributed by atoms with Gasteiger partial charge in [-0.05, 0) is 23.8 Å². The average molecular weight is 428 g/mol. The number of rotatable bonds is 5. The molecule has 0 saturated heterocycles. The standard InChI is InChI=1S/C20H16N10O2/c1-27-11-15(19(26-27)30(31)32)16-12-28-17(2-5-23-28)18(25-16)14-9-24-29(10-14)20(3-4-21)6-13(7-20)8-22/h2,5,9-13H,3,6-7H2,1H3/t13-,20-. The number of nitro groups is 1. The van der Waals surface area contributed by atoms with Crippen LogP contribution >= 0.6 is 0 Å². The summed E-state index contributed by atoms with van der Waals surface area (Å²) in [7, 11) is 1.61. The summed E-state index contributed by atoms with van der Waals surface area (Å²) in [6, 6.07) is 6.25. The molecule has 1 aliphatic carbocycles. The van der Waals surface area contributed by atoms with Gasteiger partial charge in [0.1, 0.15) is 5.56 Å². The predicted octanol–water partition coefficient (Wildman–Crippen LogP) is 2.44. The van der Waals surface area contributed by atoms with Gasteiger partial charge in [0.05, 0.1) is 83.9 Å². The zero-order chi connectivity index (χ0) is 22.5. The zero-order valence-corrected chi connectivity index (χ0v) is 17.0. The molecule has 0 aromatic carbocycles. The third kappa shape index (κ3) is 2.89. The Bertz CT molecular complexity index is 1440. The minimum Gasteiger partial charge on any atom is -0.358 e. The Balaban J connectivity index is 1.62. The van der Waals surface area contributed by atoms with Gasteiger partial charge in [0.2, 0.25) is 0 Å². The molecule has 1 fully saturated rings.